The van der Waals surface area contributed by atoms with E-state index in [1.165, 1.54) is 55.5 Å². The lowest BCUT2D eigenvalue weighted by atomic mass is 10.2. The number of carbonyl (C=O) groups is 1. The second kappa shape index (κ2) is 7.73. The van der Waals surface area contributed by atoms with E-state index in [0.717, 1.165) is 0 Å². The van der Waals surface area contributed by atoms with Crippen LogP contribution in [0.5, 0.6) is 0 Å². The van der Waals surface area contributed by atoms with Gasteiger partial charge in [0.1, 0.15) is 5.82 Å². The first-order chi connectivity index (χ1) is 11.4. The predicted molar refractivity (Wildman–Crippen MR) is 89.2 cm³/mol. The average molecular weight is 346 g/mol. The number of hydrogen-bond acceptors (Lipinski definition) is 3. The van der Waals surface area contributed by atoms with Gasteiger partial charge in [-0.2, -0.15) is 4.72 Å². The summed E-state index contributed by atoms with van der Waals surface area (Å²) in [6.07, 6.45) is 0. The number of sulfonamides is 1. The highest BCUT2D eigenvalue weighted by Crippen LogP contribution is 2.13. The molecule has 0 unspecified atom stereocenters. The van der Waals surface area contributed by atoms with Crippen LogP contribution in [0.1, 0.15) is 12.5 Å². The smallest absolute Gasteiger partial charge is 0.241 e. The molecule has 0 aliphatic heterocycles. The van der Waals surface area contributed by atoms with Crippen LogP contribution in [-0.2, 0) is 14.8 Å². The Kier molecular flexibility index (Phi) is 5.68. The van der Waals surface area contributed by atoms with Crippen molar-refractivity contribution in [2.45, 2.75) is 11.8 Å². The van der Waals surface area contributed by atoms with Crippen molar-refractivity contribution in [3.8, 4) is 11.8 Å². The minimum atomic E-state index is -3.69. The molecule has 0 saturated carbocycles. The van der Waals surface area contributed by atoms with E-state index in [0.29, 0.717) is 11.3 Å². The fourth-order valence-electron chi connectivity index (χ4n) is 1.81. The van der Waals surface area contributed by atoms with Crippen molar-refractivity contribution in [1.82, 2.24) is 4.72 Å². The summed E-state index contributed by atoms with van der Waals surface area (Å²) in [5.41, 5.74) is 1.10. The van der Waals surface area contributed by atoms with Gasteiger partial charge in [0.05, 0.1) is 11.4 Å². The van der Waals surface area contributed by atoms with Crippen LogP contribution < -0.4 is 10.0 Å². The van der Waals surface area contributed by atoms with Gasteiger partial charge in [0.25, 0.3) is 0 Å². The number of amides is 1. The van der Waals surface area contributed by atoms with Crippen molar-refractivity contribution in [3.63, 3.8) is 0 Å². The third kappa shape index (κ3) is 5.19. The molecule has 2 N–H and O–H groups in total. The van der Waals surface area contributed by atoms with Crippen LogP contribution >= 0.6 is 0 Å². The molecule has 0 spiro atoms. The van der Waals surface area contributed by atoms with Gasteiger partial charge in [-0.05, 0) is 48.5 Å². The standard InChI is InChI=1S/C17H15FN2O3S/c1-13(21)20-16-8-10-17(11-9-16)24(22,23)19-12-2-3-14-4-6-15(18)7-5-14/h4-11,19H,12H2,1H3,(H,20,21). The molecule has 0 heterocycles. The first-order valence-electron chi connectivity index (χ1n) is 6.98. The predicted octanol–water partition coefficient (Wildman–Crippen LogP) is 2.11. The number of nitrogens with one attached hydrogen (secondary N) is 2. The summed E-state index contributed by atoms with van der Waals surface area (Å²) in [5, 5.41) is 2.55. The molecule has 0 atom stereocenters. The highest BCUT2D eigenvalue weighted by Gasteiger charge is 2.12. The Morgan fingerprint density at radius 2 is 1.71 bits per heavy atom. The van der Waals surface area contributed by atoms with Gasteiger partial charge in [-0.3, -0.25) is 4.79 Å². The molecule has 0 saturated heterocycles. The normalized spacial score (nSPS) is 10.6. The Morgan fingerprint density at radius 1 is 1.08 bits per heavy atom. The number of benzene rings is 2. The molecule has 2 rings (SSSR count). The SMILES string of the molecule is CC(=O)Nc1ccc(S(=O)(=O)NCC#Cc2ccc(F)cc2)cc1. The summed E-state index contributed by atoms with van der Waals surface area (Å²) in [4.78, 5) is 11.0. The Labute approximate surface area is 139 Å². The molecule has 5 nitrogen and oxygen atoms in total. The first-order valence-corrected chi connectivity index (χ1v) is 8.47. The second-order valence-electron chi connectivity index (χ2n) is 4.84. The average Bonchev–Trinajstić information content (AvgIpc) is 2.53. The maximum atomic E-state index is 12.8. The summed E-state index contributed by atoms with van der Waals surface area (Å²) in [6.45, 7) is 1.29. The molecule has 124 valence electrons. The zero-order chi connectivity index (χ0) is 17.6. The van der Waals surface area contributed by atoms with E-state index in [9.17, 15) is 17.6 Å². The summed E-state index contributed by atoms with van der Waals surface area (Å²) in [7, 11) is -3.69. The van der Waals surface area contributed by atoms with E-state index in [1.807, 2.05) is 0 Å². The quantitative estimate of drug-likeness (QED) is 0.833. The number of rotatable bonds is 4. The fourth-order valence-corrected chi connectivity index (χ4v) is 2.74. The maximum Gasteiger partial charge on any atom is 0.241 e. The number of hydrogen-bond donors (Lipinski definition) is 2. The third-order valence-corrected chi connectivity index (χ3v) is 4.33. The van der Waals surface area contributed by atoms with Gasteiger partial charge >= 0.3 is 0 Å². The Hall–Kier alpha value is -2.69. The molecule has 0 fully saturated rings. The van der Waals surface area contributed by atoms with E-state index in [2.05, 4.69) is 21.9 Å². The van der Waals surface area contributed by atoms with Crippen LogP contribution in [0.15, 0.2) is 53.4 Å². The molecular weight excluding hydrogens is 331 g/mol. The summed E-state index contributed by atoms with van der Waals surface area (Å²) < 4.78 is 39.3. The number of halogens is 1. The van der Waals surface area contributed by atoms with Crippen molar-refractivity contribution in [1.29, 1.82) is 0 Å². The first kappa shape index (κ1) is 17.7. The molecule has 0 aliphatic rings. The molecule has 2 aromatic carbocycles. The molecule has 0 bridgehead atoms. The van der Waals surface area contributed by atoms with Crippen molar-refractivity contribution in [2.24, 2.45) is 0 Å². The van der Waals surface area contributed by atoms with Crippen molar-refractivity contribution < 1.29 is 17.6 Å². The highest BCUT2D eigenvalue weighted by molar-refractivity contribution is 7.89. The van der Waals surface area contributed by atoms with E-state index in [-0.39, 0.29) is 23.2 Å². The van der Waals surface area contributed by atoms with Gasteiger partial charge in [0.2, 0.25) is 15.9 Å². The molecule has 0 aromatic heterocycles. The molecule has 0 aliphatic carbocycles. The van der Waals surface area contributed by atoms with Gasteiger partial charge in [-0.25, -0.2) is 12.8 Å². The van der Waals surface area contributed by atoms with E-state index < -0.39 is 10.0 Å². The number of anilines is 1. The maximum absolute atomic E-state index is 12.8. The summed E-state index contributed by atoms with van der Waals surface area (Å²) in [5.74, 6) is 4.81. The lowest BCUT2D eigenvalue weighted by Gasteiger charge is -2.06. The zero-order valence-electron chi connectivity index (χ0n) is 12.8. The molecular formula is C17H15FN2O3S. The van der Waals surface area contributed by atoms with Crippen LogP contribution in [0.3, 0.4) is 0 Å². The monoisotopic (exact) mass is 346 g/mol. The summed E-state index contributed by atoms with van der Waals surface area (Å²) >= 11 is 0. The van der Waals surface area contributed by atoms with Crippen molar-refractivity contribution in [2.75, 3.05) is 11.9 Å². The van der Waals surface area contributed by atoms with Gasteiger partial charge in [0, 0.05) is 18.2 Å². The lowest BCUT2D eigenvalue weighted by Crippen LogP contribution is -2.24. The van der Waals surface area contributed by atoms with Gasteiger partial charge in [-0.1, -0.05) is 11.8 Å². The Bertz CT molecular complexity index is 880. The van der Waals surface area contributed by atoms with Crippen LogP contribution in [0.4, 0.5) is 10.1 Å². The summed E-state index contributed by atoms with van der Waals surface area (Å²) in [6, 6.07) is 11.4. The second-order valence-corrected chi connectivity index (χ2v) is 6.61. The minimum absolute atomic E-state index is 0.0696. The molecule has 1 amide bonds. The third-order valence-electron chi connectivity index (χ3n) is 2.91. The van der Waals surface area contributed by atoms with Crippen LogP contribution in [0.25, 0.3) is 0 Å². The minimum Gasteiger partial charge on any atom is -0.326 e. The number of carbonyl (C=O) groups excluding carboxylic acids is 1. The molecule has 0 radical (unpaired) electrons. The van der Waals surface area contributed by atoms with Crippen LogP contribution in [-0.4, -0.2) is 20.9 Å². The van der Waals surface area contributed by atoms with E-state index in [1.54, 1.807) is 0 Å². The van der Waals surface area contributed by atoms with Gasteiger partial charge in [0.15, 0.2) is 0 Å². The molecule has 2 aromatic rings. The lowest BCUT2D eigenvalue weighted by molar-refractivity contribution is -0.114. The van der Waals surface area contributed by atoms with Gasteiger partial charge < -0.3 is 5.32 Å². The van der Waals surface area contributed by atoms with Gasteiger partial charge in [-0.15, -0.1) is 0 Å². The van der Waals surface area contributed by atoms with Crippen LogP contribution in [0, 0.1) is 17.7 Å². The van der Waals surface area contributed by atoms with Crippen LogP contribution in [0.2, 0.25) is 0 Å². The topological polar surface area (TPSA) is 75.3 Å². The zero-order valence-corrected chi connectivity index (χ0v) is 13.7. The van der Waals surface area contributed by atoms with Crippen molar-refractivity contribution in [3.05, 3.63) is 59.9 Å². The molecule has 24 heavy (non-hydrogen) atoms. The fraction of sp³-hybridized carbons (Fsp3) is 0.118. The van der Waals surface area contributed by atoms with E-state index in [4.69, 9.17) is 0 Å². The Balaban J connectivity index is 1.98. The van der Waals surface area contributed by atoms with E-state index >= 15 is 0 Å². The van der Waals surface area contributed by atoms with Crippen molar-refractivity contribution >= 4 is 21.6 Å². The molecule has 7 heteroatoms. The largest absolute Gasteiger partial charge is 0.326 e. The highest BCUT2D eigenvalue weighted by atomic mass is 32.2. The Morgan fingerprint density at radius 3 is 2.29 bits per heavy atom.